The maximum absolute atomic E-state index is 13.0. The predicted molar refractivity (Wildman–Crippen MR) is 131 cm³/mol. The summed E-state index contributed by atoms with van der Waals surface area (Å²) in [7, 11) is 0. The van der Waals surface area contributed by atoms with Crippen molar-refractivity contribution in [1.29, 1.82) is 0 Å². The average molecular weight is 580 g/mol. The summed E-state index contributed by atoms with van der Waals surface area (Å²) in [6.45, 7) is 0.916. The largest absolute Gasteiger partial charge is 0.573 e. The van der Waals surface area contributed by atoms with Crippen molar-refractivity contribution in [2.24, 2.45) is 0 Å². The highest BCUT2D eigenvalue weighted by molar-refractivity contribution is 5.73. The van der Waals surface area contributed by atoms with E-state index >= 15 is 0 Å². The number of ether oxygens (including phenoxy) is 5. The molecule has 40 heavy (non-hydrogen) atoms. The lowest BCUT2D eigenvalue weighted by Crippen LogP contribution is -2.39. The lowest BCUT2D eigenvalue weighted by Gasteiger charge is -2.23. The Bertz CT molecular complexity index is 1080. The SMILES string of the molecule is CCOC(Cc1ccc(OCCN(CCOCC(C)(F)F)C(=O)Oc2ccccc2OC(F)(F)F)cc1)C(=O)O. The number of rotatable bonds is 16. The van der Waals surface area contributed by atoms with Gasteiger partial charge in [0.1, 0.15) is 19.0 Å². The highest BCUT2D eigenvalue weighted by Crippen LogP contribution is 2.32. The zero-order valence-corrected chi connectivity index (χ0v) is 21.8. The van der Waals surface area contributed by atoms with Crippen LogP contribution in [0.2, 0.25) is 0 Å². The molecule has 0 saturated carbocycles. The number of nitrogens with zero attached hydrogens (tertiary/aromatic N) is 1. The predicted octanol–water partition coefficient (Wildman–Crippen LogP) is 5.17. The number of benzene rings is 2. The summed E-state index contributed by atoms with van der Waals surface area (Å²) >= 11 is 0. The Hall–Kier alpha value is -3.65. The number of carbonyl (C=O) groups excluding carboxylic acids is 1. The fourth-order valence-electron chi connectivity index (χ4n) is 3.25. The molecule has 1 N–H and O–H groups in total. The molecule has 0 aromatic heterocycles. The first-order valence-electron chi connectivity index (χ1n) is 12.1. The monoisotopic (exact) mass is 579 g/mol. The highest BCUT2D eigenvalue weighted by atomic mass is 19.4. The molecule has 2 aromatic carbocycles. The molecule has 0 aliphatic rings. The van der Waals surface area contributed by atoms with E-state index in [2.05, 4.69) is 4.74 Å². The van der Waals surface area contributed by atoms with Crippen molar-refractivity contribution in [2.75, 3.05) is 39.5 Å². The van der Waals surface area contributed by atoms with Crippen LogP contribution in [0.25, 0.3) is 0 Å². The normalized spacial score (nSPS) is 12.5. The average Bonchev–Trinajstić information content (AvgIpc) is 2.85. The zero-order valence-electron chi connectivity index (χ0n) is 21.8. The first kappa shape index (κ1) is 32.6. The third-order valence-electron chi connectivity index (χ3n) is 5.01. The molecular formula is C26H30F5NO8. The summed E-state index contributed by atoms with van der Waals surface area (Å²) in [5.41, 5.74) is 0.683. The van der Waals surface area contributed by atoms with Gasteiger partial charge < -0.3 is 33.7 Å². The summed E-state index contributed by atoms with van der Waals surface area (Å²) in [5, 5.41) is 9.21. The molecule has 1 amide bonds. The van der Waals surface area contributed by atoms with Gasteiger partial charge in [-0.25, -0.2) is 18.4 Å². The maximum atomic E-state index is 13.0. The molecule has 2 aromatic rings. The number of halogens is 5. The van der Waals surface area contributed by atoms with E-state index in [0.717, 1.165) is 17.0 Å². The minimum absolute atomic E-state index is 0.101. The van der Waals surface area contributed by atoms with Gasteiger partial charge in [0.15, 0.2) is 17.6 Å². The first-order valence-corrected chi connectivity index (χ1v) is 12.1. The van der Waals surface area contributed by atoms with Crippen LogP contribution in [0.15, 0.2) is 48.5 Å². The van der Waals surface area contributed by atoms with Crippen LogP contribution < -0.4 is 14.2 Å². The van der Waals surface area contributed by atoms with Crippen LogP contribution in [0.3, 0.4) is 0 Å². The molecular weight excluding hydrogens is 549 g/mol. The van der Waals surface area contributed by atoms with Gasteiger partial charge in [0.05, 0.1) is 13.2 Å². The molecule has 0 aliphatic carbocycles. The van der Waals surface area contributed by atoms with Gasteiger partial charge in [-0.15, -0.1) is 13.2 Å². The molecule has 14 heteroatoms. The van der Waals surface area contributed by atoms with E-state index in [1.165, 1.54) is 12.1 Å². The molecule has 1 unspecified atom stereocenters. The number of amides is 1. The fourth-order valence-corrected chi connectivity index (χ4v) is 3.25. The van der Waals surface area contributed by atoms with Gasteiger partial charge in [0, 0.05) is 26.5 Å². The van der Waals surface area contributed by atoms with Gasteiger partial charge in [0.25, 0.3) is 5.92 Å². The van der Waals surface area contributed by atoms with Crippen molar-refractivity contribution in [3.8, 4) is 17.2 Å². The molecule has 0 bridgehead atoms. The number of hydrogen-bond acceptors (Lipinski definition) is 7. The highest BCUT2D eigenvalue weighted by Gasteiger charge is 2.33. The third kappa shape index (κ3) is 12.5. The number of para-hydroxylation sites is 2. The number of carboxylic acid groups (broad SMARTS) is 1. The number of aliphatic carboxylic acids is 1. The summed E-state index contributed by atoms with van der Waals surface area (Å²) in [4.78, 5) is 25.1. The van der Waals surface area contributed by atoms with Crippen LogP contribution in [0, 0.1) is 0 Å². The first-order chi connectivity index (χ1) is 18.8. The Balaban J connectivity index is 2.02. The summed E-state index contributed by atoms with van der Waals surface area (Å²) < 4.78 is 88.9. The number of carbonyl (C=O) groups is 2. The molecule has 0 aliphatic heterocycles. The van der Waals surface area contributed by atoms with Gasteiger partial charge in [-0.05, 0) is 36.8 Å². The number of carboxylic acids is 1. The van der Waals surface area contributed by atoms with E-state index < -0.39 is 48.6 Å². The maximum Gasteiger partial charge on any atom is 0.573 e. The fraction of sp³-hybridized carbons (Fsp3) is 0.462. The molecule has 0 fully saturated rings. The molecule has 222 valence electrons. The van der Waals surface area contributed by atoms with Crippen molar-refractivity contribution in [3.05, 3.63) is 54.1 Å². The van der Waals surface area contributed by atoms with Gasteiger partial charge in [-0.1, -0.05) is 24.3 Å². The van der Waals surface area contributed by atoms with E-state index in [1.807, 2.05) is 0 Å². The lowest BCUT2D eigenvalue weighted by molar-refractivity contribution is -0.275. The van der Waals surface area contributed by atoms with Crippen LogP contribution >= 0.6 is 0 Å². The van der Waals surface area contributed by atoms with E-state index in [9.17, 15) is 36.6 Å². The molecule has 2 rings (SSSR count). The molecule has 9 nitrogen and oxygen atoms in total. The second kappa shape index (κ2) is 15.2. The van der Waals surface area contributed by atoms with Gasteiger partial charge >= 0.3 is 18.4 Å². The van der Waals surface area contributed by atoms with Crippen LogP contribution in [0.5, 0.6) is 17.2 Å². The Morgan fingerprint density at radius 2 is 1.57 bits per heavy atom. The quantitative estimate of drug-likeness (QED) is 0.215. The van der Waals surface area contributed by atoms with E-state index in [4.69, 9.17) is 18.9 Å². The van der Waals surface area contributed by atoms with Gasteiger partial charge in [-0.2, -0.15) is 0 Å². The lowest BCUT2D eigenvalue weighted by atomic mass is 10.1. The molecule has 0 heterocycles. The van der Waals surface area contributed by atoms with Crippen molar-refractivity contribution in [3.63, 3.8) is 0 Å². The zero-order chi connectivity index (χ0) is 29.8. The Morgan fingerprint density at radius 1 is 0.950 bits per heavy atom. The summed E-state index contributed by atoms with van der Waals surface area (Å²) in [6.07, 6.45) is -6.97. The van der Waals surface area contributed by atoms with Gasteiger partial charge in [0.2, 0.25) is 0 Å². The second-order valence-electron chi connectivity index (χ2n) is 8.45. The van der Waals surface area contributed by atoms with Crippen LogP contribution in [0.4, 0.5) is 26.7 Å². The molecule has 1 atom stereocenters. The van der Waals surface area contributed by atoms with Crippen molar-refractivity contribution in [1.82, 2.24) is 4.90 Å². The van der Waals surface area contributed by atoms with E-state index in [-0.39, 0.29) is 39.3 Å². The topological polar surface area (TPSA) is 104 Å². The van der Waals surface area contributed by atoms with Crippen LogP contribution in [-0.2, 0) is 20.7 Å². The van der Waals surface area contributed by atoms with Crippen LogP contribution in [0.1, 0.15) is 19.4 Å². The third-order valence-corrected chi connectivity index (χ3v) is 5.01. The Kier molecular flexibility index (Phi) is 12.4. The standard InChI is InChI=1S/C26H30F5NO8/c1-3-37-22(23(33)34)16-18-8-10-19(11-9-18)38-15-13-32(12-14-36-17-25(2,27)28)24(35)39-20-6-4-5-7-21(20)40-26(29,30)31/h4-11,22H,3,12-17H2,1-2H3,(H,33,34). The Labute approximate surface area is 227 Å². The smallest absolute Gasteiger partial charge is 0.492 e. The van der Waals surface area contributed by atoms with Gasteiger partial charge in [-0.3, -0.25) is 0 Å². The van der Waals surface area contributed by atoms with Crippen molar-refractivity contribution >= 4 is 12.1 Å². The minimum atomic E-state index is -5.03. The number of alkyl halides is 5. The molecule has 0 radical (unpaired) electrons. The number of hydrogen-bond donors (Lipinski definition) is 1. The van der Waals surface area contributed by atoms with E-state index in [1.54, 1.807) is 31.2 Å². The van der Waals surface area contributed by atoms with E-state index in [0.29, 0.717) is 18.2 Å². The van der Waals surface area contributed by atoms with Crippen molar-refractivity contribution in [2.45, 2.75) is 38.7 Å². The second-order valence-corrected chi connectivity index (χ2v) is 8.45. The Morgan fingerprint density at radius 3 is 2.15 bits per heavy atom. The minimum Gasteiger partial charge on any atom is -0.492 e. The van der Waals surface area contributed by atoms with Crippen molar-refractivity contribution < 1.29 is 60.3 Å². The molecule has 0 saturated heterocycles. The summed E-state index contributed by atoms with van der Waals surface area (Å²) in [6, 6.07) is 11.1. The molecule has 0 spiro atoms. The summed E-state index contributed by atoms with van der Waals surface area (Å²) in [5.74, 6) is -5.05. The van der Waals surface area contributed by atoms with Crippen LogP contribution in [-0.4, -0.2) is 80.0 Å².